The summed E-state index contributed by atoms with van der Waals surface area (Å²) in [5.74, 6) is -1.02. The van der Waals surface area contributed by atoms with Gasteiger partial charge >= 0.3 is 5.97 Å². The van der Waals surface area contributed by atoms with Crippen molar-refractivity contribution in [1.29, 1.82) is 0 Å². The van der Waals surface area contributed by atoms with Gasteiger partial charge in [-0.25, -0.2) is 9.78 Å². The van der Waals surface area contributed by atoms with Gasteiger partial charge in [-0.05, 0) is 45.0 Å². The largest absolute Gasteiger partial charge is 0.449 e. The number of anilines is 1. The van der Waals surface area contributed by atoms with E-state index in [1.165, 1.54) is 11.3 Å². The molecule has 1 aliphatic rings. The van der Waals surface area contributed by atoms with E-state index in [1.54, 1.807) is 30.5 Å². The molecule has 0 spiro atoms. The molecule has 1 atom stereocenters. The van der Waals surface area contributed by atoms with Crippen LogP contribution in [-0.4, -0.2) is 45.4 Å². The van der Waals surface area contributed by atoms with Crippen LogP contribution in [0.15, 0.2) is 47.8 Å². The van der Waals surface area contributed by atoms with Crippen LogP contribution in [0.4, 0.5) is 5.13 Å². The Morgan fingerprint density at radius 1 is 1.11 bits per heavy atom. The van der Waals surface area contributed by atoms with Crippen LogP contribution in [0.25, 0.3) is 22.2 Å². The van der Waals surface area contributed by atoms with Gasteiger partial charge in [-0.3, -0.25) is 20.0 Å². The molecule has 5 rings (SSSR count). The van der Waals surface area contributed by atoms with Crippen molar-refractivity contribution in [3.8, 4) is 11.3 Å². The number of nitrogens with zero attached hydrogens (tertiary/aromatic N) is 3. The molecule has 0 saturated heterocycles. The standard InChI is InChI=1S/C28H26Cl2N4O3S/c1-15(2)34-11-10-23-20(13-34)25(19-6-4-5-7-22(19)31-23)27(36)37-16(3)26(35)33-28-32-24(14-38-28)18-9-8-17(29)12-21(18)30/h4-9,12,14-16H,10-11,13H2,1-3H3,(H,32,33,35). The highest BCUT2D eigenvalue weighted by atomic mass is 35.5. The smallest absolute Gasteiger partial charge is 0.339 e. The minimum absolute atomic E-state index is 0.328. The fourth-order valence-electron chi connectivity index (χ4n) is 4.52. The number of amides is 1. The maximum atomic E-state index is 13.5. The van der Waals surface area contributed by atoms with E-state index < -0.39 is 18.0 Å². The second-order valence-corrected chi connectivity index (χ2v) is 11.1. The molecule has 3 heterocycles. The highest BCUT2D eigenvalue weighted by molar-refractivity contribution is 7.14. The predicted molar refractivity (Wildman–Crippen MR) is 152 cm³/mol. The molecule has 1 N–H and O–H groups in total. The Bertz CT molecular complexity index is 1540. The number of hydrogen-bond donors (Lipinski definition) is 1. The predicted octanol–water partition coefficient (Wildman–Crippen LogP) is 6.62. The van der Waals surface area contributed by atoms with Crippen molar-refractivity contribution in [2.75, 3.05) is 11.9 Å². The van der Waals surface area contributed by atoms with E-state index in [0.29, 0.717) is 44.6 Å². The molecule has 4 aromatic rings. The lowest BCUT2D eigenvalue weighted by Gasteiger charge is -2.32. The molecule has 0 bridgehead atoms. The Morgan fingerprint density at radius 3 is 2.66 bits per heavy atom. The fourth-order valence-corrected chi connectivity index (χ4v) is 5.74. The Labute approximate surface area is 234 Å². The van der Waals surface area contributed by atoms with Crippen LogP contribution in [0.3, 0.4) is 0 Å². The Kier molecular flexibility index (Phi) is 7.68. The zero-order valence-corrected chi connectivity index (χ0v) is 23.5. The van der Waals surface area contributed by atoms with Crippen LogP contribution < -0.4 is 5.32 Å². The average Bonchev–Trinajstić information content (AvgIpc) is 3.34. The van der Waals surface area contributed by atoms with E-state index in [1.807, 2.05) is 24.3 Å². The third-order valence-corrected chi connectivity index (χ3v) is 7.91. The Morgan fingerprint density at radius 2 is 1.89 bits per heavy atom. The minimum atomic E-state index is -1.04. The average molecular weight is 570 g/mol. The number of esters is 1. The number of para-hydroxylation sites is 1. The number of nitrogens with one attached hydrogen (secondary N) is 1. The molecular formula is C28H26Cl2N4O3S. The quantitative estimate of drug-likeness (QED) is 0.263. The lowest BCUT2D eigenvalue weighted by atomic mass is 9.95. The minimum Gasteiger partial charge on any atom is -0.449 e. The van der Waals surface area contributed by atoms with Crippen LogP contribution in [0.5, 0.6) is 0 Å². The number of halogens is 2. The third kappa shape index (κ3) is 5.40. The first-order valence-corrected chi connectivity index (χ1v) is 13.9. The van der Waals surface area contributed by atoms with Crippen molar-refractivity contribution in [3.05, 3.63) is 74.7 Å². The summed E-state index contributed by atoms with van der Waals surface area (Å²) < 4.78 is 5.71. The summed E-state index contributed by atoms with van der Waals surface area (Å²) in [7, 11) is 0. The summed E-state index contributed by atoms with van der Waals surface area (Å²) in [6.07, 6.45) is -0.292. The number of carbonyl (C=O) groups excluding carboxylic acids is 2. The van der Waals surface area contributed by atoms with E-state index in [9.17, 15) is 9.59 Å². The van der Waals surface area contributed by atoms with Crippen LogP contribution in [0.1, 0.15) is 42.4 Å². The number of fused-ring (bicyclic) bond motifs is 2. The molecule has 10 heteroatoms. The van der Waals surface area contributed by atoms with Crippen molar-refractivity contribution in [3.63, 3.8) is 0 Å². The first-order valence-electron chi connectivity index (χ1n) is 12.3. The van der Waals surface area contributed by atoms with Crippen molar-refractivity contribution in [2.45, 2.75) is 45.9 Å². The van der Waals surface area contributed by atoms with Crippen molar-refractivity contribution in [2.24, 2.45) is 0 Å². The van der Waals surface area contributed by atoms with Gasteiger partial charge in [-0.15, -0.1) is 11.3 Å². The van der Waals surface area contributed by atoms with Crippen molar-refractivity contribution in [1.82, 2.24) is 14.9 Å². The van der Waals surface area contributed by atoms with Crippen LogP contribution in [0, 0.1) is 0 Å². The molecule has 2 aromatic heterocycles. The summed E-state index contributed by atoms with van der Waals surface area (Å²) in [6.45, 7) is 7.29. The van der Waals surface area contributed by atoms with Gasteiger partial charge in [0.1, 0.15) is 0 Å². The molecule has 196 valence electrons. The fraction of sp³-hybridized carbons (Fsp3) is 0.286. The van der Waals surface area contributed by atoms with E-state index in [-0.39, 0.29) is 0 Å². The molecule has 0 fully saturated rings. The molecule has 2 aromatic carbocycles. The number of carbonyl (C=O) groups is 2. The number of aromatic nitrogens is 2. The summed E-state index contributed by atoms with van der Waals surface area (Å²) in [4.78, 5) is 38.1. The molecule has 0 radical (unpaired) electrons. The number of pyridine rings is 1. The summed E-state index contributed by atoms with van der Waals surface area (Å²) in [5, 5.41) is 6.62. The topological polar surface area (TPSA) is 84.4 Å². The molecule has 38 heavy (non-hydrogen) atoms. The van der Waals surface area contributed by atoms with Gasteiger partial charge in [0.2, 0.25) is 0 Å². The zero-order valence-electron chi connectivity index (χ0n) is 21.1. The maximum absolute atomic E-state index is 13.5. The molecule has 7 nitrogen and oxygen atoms in total. The van der Waals surface area contributed by atoms with E-state index >= 15 is 0 Å². The number of rotatable bonds is 6. The number of ether oxygens (including phenoxy) is 1. The van der Waals surface area contributed by atoms with Gasteiger partial charge in [0, 0.05) is 58.2 Å². The molecule has 1 amide bonds. The zero-order chi connectivity index (χ0) is 27.0. The SMILES string of the molecule is CC(OC(=O)c1c2c(nc3ccccc13)CCN(C(C)C)C2)C(=O)Nc1nc(-c2ccc(Cl)cc2Cl)cs1. The van der Waals surface area contributed by atoms with Crippen LogP contribution in [-0.2, 0) is 22.5 Å². The maximum Gasteiger partial charge on any atom is 0.339 e. The lowest BCUT2D eigenvalue weighted by Crippen LogP contribution is -2.37. The van der Waals surface area contributed by atoms with Gasteiger partial charge in [0.15, 0.2) is 11.2 Å². The monoisotopic (exact) mass is 568 g/mol. The Hall–Kier alpha value is -3.04. The molecule has 1 aliphatic heterocycles. The number of thiazole rings is 1. The van der Waals surface area contributed by atoms with Gasteiger partial charge < -0.3 is 4.74 Å². The van der Waals surface area contributed by atoms with E-state index in [2.05, 4.69) is 29.0 Å². The van der Waals surface area contributed by atoms with Gasteiger partial charge in [0.05, 0.1) is 21.8 Å². The second-order valence-electron chi connectivity index (χ2n) is 9.44. The third-order valence-electron chi connectivity index (χ3n) is 6.60. The highest BCUT2D eigenvalue weighted by Crippen LogP contribution is 2.33. The van der Waals surface area contributed by atoms with Crippen molar-refractivity contribution >= 4 is 62.4 Å². The van der Waals surface area contributed by atoms with Crippen LogP contribution >= 0.6 is 34.5 Å². The summed E-state index contributed by atoms with van der Waals surface area (Å²) in [5.41, 5.74) is 4.30. The molecule has 0 saturated carbocycles. The second kappa shape index (κ2) is 11.0. The molecular weight excluding hydrogens is 543 g/mol. The highest BCUT2D eigenvalue weighted by Gasteiger charge is 2.29. The lowest BCUT2D eigenvalue weighted by molar-refractivity contribution is -0.123. The molecule has 1 unspecified atom stereocenters. The number of hydrogen-bond acceptors (Lipinski definition) is 7. The molecule has 0 aliphatic carbocycles. The van der Waals surface area contributed by atoms with Gasteiger partial charge in [0.25, 0.3) is 5.91 Å². The normalized spacial score (nSPS) is 14.4. The van der Waals surface area contributed by atoms with Crippen LogP contribution in [0.2, 0.25) is 10.0 Å². The van der Waals surface area contributed by atoms with Crippen molar-refractivity contribution < 1.29 is 14.3 Å². The van der Waals surface area contributed by atoms with E-state index in [0.717, 1.165) is 35.1 Å². The first kappa shape index (κ1) is 26.6. The number of benzene rings is 2. The first-order chi connectivity index (χ1) is 18.2. The van der Waals surface area contributed by atoms with E-state index in [4.69, 9.17) is 32.9 Å². The summed E-state index contributed by atoms with van der Waals surface area (Å²) >= 11 is 13.5. The van der Waals surface area contributed by atoms with Gasteiger partial charge in [-0.2, -0.15) is 0 Å². The van der Waals surface area contributed by atoms with Gasteiger partial charge in [-0.1, -0.05) is 41.4 Å². The Balaban J connectivity index is 1.35. The summed E-state index contributed by atoms with van der Waals surface area (Å²) in [6, 6.07) is 13.0.